The first-order chi connectivity index (χ1) is 9.38. The molecule has 2 rings (SSSR count). The molecule has 2 N–H and O–H groups in total. The molecule has 0 radical (unpaired) electrons. The molecule has 7 nitrogen and oxygen atoms in total. The smallest absolute Gasteiger partial charge is 0.292 e. The van der Waals surface area contributed by atoms with E-state index in [2.05, 4.69) is 0 Å². The fourth-order valence-corrected chi connectivity index (χ4v) is 2.23. The van der Waals surface area contributed by atoms with Crippen LogP contribution in [0.4, 0.5) is 11.4 Å². The van der Waals surface area contributed by atoms with Gasteiger partial charge in [0.2, 0.25) is 11.8 Å². The van der Waals surface area contributed by atoms with Crippen LogP contribution in [0.5, 0.6) is 0 Å². The van der Waals surface area contributed by atoms with Crippen LogP contribution in [0.15, 0.2) is 18.2 Å². The van der Waals surface area contributed by atoms with Crippen molar-refractivity contribution in [3.63, 3.8) is 0 Å². The fraction of sp³-hybridized carbons (Fsp3) is 0.385. The van der Waals surface area contributed by atoms with Gasteiger partial charge in [-0.2, -0.15) is 0 Å². The highest BCUT2D eigenvalue weighted by atomic mass is 16.6. The van der Waals surface area contributed by atoms with Crippen LogP contribution in [0.1, 0.15) is 25.3 Å². The zero-order valence-electron chi connectivity index (χ0n) is 11.0. The van der Waals surface area contributed by atoms with Crippen molar-refractivity contribution >= 4 is 23.2 Å². The van der Waals surface area contributed by atoms with Crippen molar-refractivity contribution in [2.75, 3.05) is 5.73 Å². The number of imide groups is 1. The number of rotatable bonds is 3. The van der Waals surface area contributed by atoms with Gasteiger partial charge in [0.05, 0.1) is 11.5 Å². The molecule has 7 heteroatoms. The minimum Gasteiger partial charge on any atom is -0.393 e. The molecule has 0 atom stereocenters. The normalized spacial score (nSPS) is 16.6. The first-order valence-corrected chi connectivity index (χ1v) is 6.24. The van der Waals surface area contributed by atoms with Crippen molar-refractivity contribution in [1.29, 1.82) is 0 Å². The summed E-state index contributed by atoms with van der Waals surface area (Å²) in [4.78, 5) is 35.1. The highest BCUT2D eigenvalue weighted by Gasteiger charge is 2.30. The number of hydrogen-bond acceptors (Lipinski definition) is 5. The van der Waals surface area contributed by atoms with Crippen LogP contribution in [0, 0.1) is 16.0 Å². The van der Waals surface area contributed by atoms with E-state index in [0.717, 1.165) is 4.90 Å². The van der Waals surface area contributed by atoms with Gasteiger partial charge in [0.1, 0.15) is 5.69 Å². The number of benzene rings is 1. The third kappa shape index (κ3) is 2.76. The molecule has 0 aliphatic carbocycles. The zero-order valence-corrected chi connectivity index (χ0v) is 11.0. The second kappa shape index (κ2) is 5.28. The van der Waals surface area contributed by atoms with E-state index in [1.165, 1.54) is 12.1 Å². The lowest BCUT2D eigenvalue weighted by atomic mass is 9.97. The maximum absolute atomic E-state index is 11.9. The molecular weight excluding hydrogens is 262 g/mol. The number of piperidine rings is 1. The highest BCUT2D eigenvalue weighted by Crippen LogP contribution is 2.25. The SMILES string of the molecule is CC1CC(=O)N(Cc2ccc(N)c([N+](=O)[O-])c2)C(=O)C1. The quantitative estimate of drug-likeness (QED) is 0.389. The highest BCUT2D eigenvalue weighted by molar-refractivity contribution is 5.97. The van der Waals surface area contributed by atoms with Gasteiger partial charge in [0, 0.05) is 18.9 Å². The maximum Gasteiger partial charge on any atom is 0.292 e. The second-order valence-electron chi connectivity index (χ2n) is 5.04. The Balaban J connectivity index is 2.22. The average molecular weight is 277 g/mol. The molecule has 1 heterocycles. The zero-order chi connectivity index (χ0) is 14.9. The van der Waals surface area contributed by atoms with Crippen LogP contribution in [-0.2, 0) is 16.1 Å². The molecule has 106 valence electrons. The third-order valence-corrected chi connectivity index (χ3v) is 3.28. The molecule has 2 amide bonds. The summed E-state index contributed by atoms with van der Waals surface area (Å²) in [5.41, 5.74) is 5.87. The summed E-state index contributed by atoms with van der Waals surface area (Å²) in [6.07, 6.45) is 0.644. The Bertz CT molecular complexity index is 567. The lowest BCUT2D eigenvalue weighted by Crippen LogP contribution is -2.42. The molecule has 0 bridgehead atoms. The van der Waals surface area contributed by atoms with Crippen molar-refractivity contribution in [3.05, 3.63) is 33.9 Å². The minimum absolute atomic E-state index is 0.0471. The summed E-state index contributed by atoms with van der Waals surface area (Å²) >= 11 is 0. The molecule has 0 unspecified atom stereocenters. The predicted molar refractivity (Wildman–Crippen MR) is 71.5 cm³/mol. The van der Waals surface area contributed by atoms with Gasteiger partial charge in [-0.3, -0.25) is 24.6 Å². The number of nitrogen functional groups attached to an aromatic ring is 1. The van der Waals surface area contributed by atoms with Crippen LogP contribution in [-0.4, -0.2) is 21.6 Å². The molecule has 0 saturated carbocycles. The van der Waals surface area contributed by atoms with Crippen molar-refractivity contribution in [2.45, 2.75) is 26.3 Å². The average Bonchev–Trinajstić information content (AvgIpc) is 2.35. The lowest BCUT2D eigenvalue weighted by Gasteiger charge is -2.28. The third-order valence-electron chi connectivity index (χ3n) is 3.28. The number of nitrogens with zero attached hydrogens (tertiary/aromatic N) is 2. The number of carbonyl (C=O) groups is 2. The Labute approximate surface area is 115 Å². The number of carbonyl (C=O) groups excluding carboxylic acids is 2. The minimum atomic E-state index is -0.583. The lowest BCUT2D eigenvalue weighted by molar-refractivity contribution is -0.384. The summed E-state index contributed by atoms with van der Waals surface area (Å²) < 4.78 is 0. The standard InChI is InChI=1S/C13H15N3O4/c1-8-4-12(17)15(13(18)5-8)7-9-2-3-10(14)11(6-9)16(19)20/h2-3,6,8H,4-5,7,14H2,1H3. The van der Waals surface area contributed by atoms with Crippen molar-refractivity contribution in [2.24, 2.45) is 5.92 Å². The van der Waals surface area contributed by atoms with Crippen LogP contribution in [0.25, 0.3) is 0 Å². The Kier molecular flexibility index (Phi) is 3.69. The molecule has 1 fully saturated rings. The van der Waals surface area contributed by atoms with Gasteiger partial charge in [-0.25, -0.2) is 0 Å². The molecule has 0 spiro atoms. The van der Waals surface area contributed by atoms with Gasteiger partial charge in [0.25, 0.3) is 5.69 Å². The van der Waals surface area contributed by atoms with Gasteiger partial charge in [-0.15, -0.1) is 0 Å². The van der Waals surface area contributed by atoms with E-state index in [1.807, 2.05) is 6.92 Å². The van der Waals surface area contributed by atoms with Crippen LogP contribution in [0.2, 0.25) is 0 Å². The Morgan fingerprint density at radius 3 is 2.50 bits per heavy atom. The Hall–Kier alpha value is -2.44. The van der Waals surface area contributed by atoms with E-state index in [1.54, 1.807) is 6.07 Å². The molecule has 1 aliphatic rings. The first-order valence-electron chi connectivity index (χ1n) is 6.24. The molecule has 1 aromatic rings. The number of nitro benzene ring substituents is 1. The summed E-state index contributed by atoms with van der Waals surface area (Å²) in [6.45, 7) is 1.90. The van der Waals surface area contributed by atoms with Crippen LogP contribution in [0.3, 0.4) is 0 Å². The second-order valence-corrected chi connectivity index (χ2v) is 5.04. The van der Waals surface area contributed by atoms with E-state index in [9.17, 15) is 19.7 Å². The summed E-state index contributed by atoms with van der Waals surface area (Å²) in [7, 11) is 0. The molecule has 1 aliphatic heterocycles. The van der Waals surface area contributed by atoms with Crippen molar-refractivity contribution in [1.82, 2.24) is 4.90 Å². The van der Waals surface area contributed by atoms with E-state index >= 15 is 0 Å². The molecule has 0 aromatic heterocycles. The summed E-state index contributed by atoms with van der Waals surface area (Å²) in [5.74, 6) is -0.437. The van der Waals surface area contributed by atoms with E-state index in [4.69, 9.17) is 5.73 Å². The van der Waals surface area contributed by atoms with E-state index < -0.39 is 4.92 Å². The van der Waals surface area contributed by atoms with Crippen molar-refractivity contribution in [3.8, 4) is 0 Å². The molecule has 1 saturated heterocycles. The maximum atomic E-state index is 11.9. The molecular formula is C13H15N3O4. The van der Waals surface area contributed by atoms with Gasteiger partial charge < -0.3 is 5.73 Å². The largest absolute Gasteiger partial charge is 0.393 e. The van der Waals surface area contributed by atoms with Gasteiger partial charge in [-0.1, -0.05) is 13.0 Å². The molecule has 20 heavy (non-hydrogen) atoms. The van der Waals surface area contributed by atoms with E-state index in [0.29, 0.717) is 18.4 Å². The van der Waals surface area contributed by atoms with Gasteiger partial charge >= 0.3 is 0 Å². The first kappa shape index (κ1) is 14.0. The summed E-state index contributed by atoms with van der Waals surface area (Å²) in [5, 5.41) is 10.8. The number of anilines is 1. The topological polar surface area (TPSA) is 107 Å². The van der Waals surface area contributed by atoms with Crippen molar-refractivity contribution < 1.29 is 14.5 Å². The Morgan fingerprint density at radius 1 is 1.35 bits per heavy atom. The van der Waals surface area contributed by atoms with Gasteiger partial charge in [0.15, 0.2) is 0 Å². The fourth-order valence-electron chi connectivity index (χ4n) is 2.23. The monoisotopic (exact) mass is 277 g/mol. The van der Waals surface area contributed by atoms with Gasteiger partial charge in [-0.05, 0) is 17.5 Å². The predicted octanol–water partition coefficient (Wildman–Crippen LogP) is 1.46. The van der Waals surface area contributed by atoms with Crippen LogP contribution < -0.4 is 5.73 Å². The van der Waals surface area contributed by atoms with Crippen LogP contribution >= 0.6 is 0 Å². The van der Waals surface area contributed by atoms with E-state index in [-0.39, 0.29) is 35.7 Å². The Morgan fingerprint density at radius 2 is 1.95 bits per heavy atom. The number of amides is 2. The molecule has 1 aromatic carbocycles. The number of nitro groups is 1. The number of nitrogens with two attached hydrogens (primary N) is 1. The number of hydrogen-bond donors (Lipinski definition) is 1. The summed E-state index contributed by atoms with van der Waals surface area (Å²) in [6, 6.07) is 4.30. The number of likely N-dealkylation sites (tertiary alicyclic amines) is 1.